The summed E-state index contributed by atoms with van der Waals surface area (Å²) in [6, 6.07) is 0.375. The van der Waals surface area contributed by atoms with Gasteiger partial charge in [0.25, 0.3) is 0 Å². The van der Waals surface area contributed by atoms with Crippen LogP contribution in [-0.4, -0.2) is 77.1 Å². The van der Waals surface area contributed by atoms with Crippen LogP contribution in [-0.2, 0) is 4.79 Å². The molecule has 2 unspecified atom stereocenters. The maximum atomic E-state index is 12.6. The van der Waals surface area contributed by atoms with Crippen LogP contribution >= 0.6 is 0 Å². The fourth-order valence-corrected chi connectivity index (χ4v) is 3.49. The molecular weight excluding hydrogens is 270 g/mol. The fraction of sp³-hybridized carbons (Fsp3) is 0.867. The van der Waals surface area contributed by atoms with Crippen molar-refractivity contribution < 1.29 is 14.7 Å². The number of carbonyl (C=O) groups excluding carboxylic acids is 1. The summed E-state index contributed by atoms with van der Waals surface area (Å²) >= 11 is 0. The number of urea groups is 1. The van der Waals surface area contributed by atoms with Gasteiger partial charge in [-0.1, -0.05) is 13.8 Å². The van der Waals surface area contributed by atoms with Gasteiger partial charge in [-0.05, 0) is 26.3 Å². The summed E-state index contributed by atoms with van der Waals surface area (Å²) in [5.74, 6) is -0.774. The van der Waals surface area contributed by atoms with Gasteiger partial charge < -0.3 is 14.9 Å². The van der Waals surface area contributed by atoms with E-state index in [1.807, 2.05) is 11.8 Å². The SMILES string of the molecule is CCN1CCN(C(=O)N2CCC(CC)(C(=O)O)C2)CC1C. The van der Waals surface area contributed by atoms with E-state index in [0.717, 1.165) is 26.2 Å². The zero-order valence-corrected chi connectivity index (χ0v) is 13.3. The second kappa shape index (κ2) is 6.22. The van der Waals surface area contributed by atoms with Crippen molar-refractivity contribution in [1.29, 1.82) is 0 Å². The average Bonchev–Trinajstić information content (AvgIpc) is 2.92. The first kappa shape index (κ1) is 16.1. The molecule has 21 heavy (non-hydrogen) atoms. The third kappa shape index (κ3) is 3.00. The Kier molecular flexibility index (Phi) is 4.76. The Morgan fingerprint density at radius 2 is 1.90 bits per heavy atom. The van der Waals surface area contributed by atoms with Crippen molar-refractivity contribution >= 4 is 12.0 Å². The summed E-state index contributed by atoms with van der Waals surface area (Å²) in [6.07, 6.45) is 1.14. The third-order valence-corrected chi connectivity index (χ3v) is 5.20. The zero-order chi connectivity index (χ0) is 15.6. The van der Waals surface area contributed by atoms with Crippen molar-refractivity contribution in [3.05, 3.63) is 0 Å². The third-order valence-electron chi connectivity index (χ3n) is 5.20. The van der Waals surface area contributed by atoms with Gasteiger partial charge in [-0.2, -0.15) is 0 Å². The molecule has 2 heterocycles. The monoisotopic (exact) mass is 297 g/mol. The number of piperazine rings is 1. The highest BCUT2D eigenvalue weighted by atomic mass is 16.4. The molecule has 2 amide bonds. The average molecular weight is 297 g/mol. The molecule has 6 nitrogen and oxygen atoms in total. The Morgan fingerprint density at radius 3 is 2.38 bits per heavy atom. The molecule has 0 aromatic carbocycles. The number of amides is 2. The number of rotatable bonds is 3. The van der Waals surface area contributed by atoms with Crippen molar-refractivity contribution in [2.75, 3.05) is 39.3 Å². The minimum Gasteiger partial charge on any atom is -0.481 e. The van der Waals surface area contributed by atoms with Crippen LogP contribution in [0.15, 0.2) is 0 Å². The lowest BCUT2D eigenvalue weighted by Gasteiger charge is -2.40. The van der Waals surface area contributed by atoms with Crippen LogP contribution in [0.4, 0.5) is 4.79 Å². The standard InChI is InChI=1S/C15H27N3O3/c1-4-15(13(19)20)6-7-18(11-15)14(21)17-9-8-16(5-2)12(3)10-17/h12H,4-11H2,1-3H3,(H,19,20). The summed E-state index contributed by atoms with van der Waals surface area (Å²) in [4.78, 5) is 30.1. The first-order valence-electron chi connectivity index (χ1n) is 7.95. The molecule has 2 rings (SSSR count). The Balaban J connectivity index is 1.98. The lowest BCUT2D eigenvalue weighted by Crippen LogP contribution is -2.56. The first-order chi connectivity index (χ1) is 9.93. The summed E-state index contributed by atoms with van der Waals surface area (Å²) in [6.45, 7) is 10.4. The fourth-order valence-electron chi connectivity index (χ4n) is 3.49. The van der Waals surface area contributed by atoms with Crippen LogP contribution in [0.2, 0.25) is 0 Å². The van der Waals surface area contributed by atoms with Crippen LogP contribution in [0.3, 0.4) is 0 Å². The maximum absolute atomic E-state index is 12.6. The molecule has 0 spiro atoms. The van der Waals surface area contributed by atoms with Crippen LogP contribution < -0.4 is 0 Å². The van der Waals surface area contributed by atoms with Gasteiger partial charge in [0.1, 0.15) is 0 Å². The number of hydrogen-bond donors (Lipinski definition) is 1. The van der Waals surface area contributed by atoms with Crippen molar-refractivity contribution in [1.82, 2.24) is 14.7 Å². The van der Waals surface area contributed by atoms with Crippen LogP contribution in [0.5, 0.6) is 0 Å². The second-order valence-corrected chi connectivity index (χ2v) is 6.32. The highest BCUT2D eigenvalue weighted by molar-refractivity contribution is 5.80. The van der Waals surface area contributed by atoms with E-state index in [2.05, 4.69) is 18.7 Å². The van der Waals surface area contributed by atoms with E-state index < -0.39 is 11.4 Å². The summed E-state index contributed by atoms with van der Waals surface area (Å²) in [7, 11) is 0. The highest BCUT2D eigenvalue weighted by Gasteiger charge is 2.45. The van der Waals surface area contributed by atoms with Gasteiger partial charge in [0.05, 0.1) is 5.41 Å². The van der Waals surface area contributed by atoms with Gasteiger partial charge in [0.15, 0.2) is 0 Å². The van der Waals surface area contributed by atoms with Gasteiger partial charge in [0, 0.05) is 38.8 Å². The predicted molar refractivity (Wildman–Crippen MR) is 80.2 cm³/mol. The van der Waals surface area contributed by atoms with E-state index in [4.69, 9.17) is 0 Å². The van der Waals surface area contributed by atoms with Crippen molar-refractivity contribution in [3.63, 3.8) is 0 Å². The zero-order valence-electron chi connectivity index (χ0n) is 13.3. The summed E-state index contributed by atoms with van der Waals surface area (Å²) < 4.78 is 0. The summed E-state index contributed by atoms with van der Waals surface area (Å²) in [5, 5.41) is 9.42. The molecule has 120 valence electrons. The van der Waals surface area contributed by atoms with Crippen molar-refractivity contribution in [2.45, 2.75) is 39.7 Å². The van der Waals surface area contributed by atoms with E-state index in [0.29, 0.717) is 32.0 Å². The first-order valence-corrected chi connectivity index (χ1v) is 7.95. The topological polar surface area (TPSA) is 64.1 Å². The van der Waals surface area contributed by atoms with Gasteiger partial charge in [-0.25, -0.2) is 4.79 Å². The molecule has 2 aliphatic heterocycles. The Labute approximate surface area is 126 Å². The van der Waals surface area contributed by atoms with Gasteiger partial charge in [-0.15, -0.1) is 0 Å². The molecule has 0 aromatic heterocycles. The lowest BCUT2D eigenvalue weighted by atomic mass is 9.84. The molecule has 2 fully saturated rings. The lowest BCUT2D eigenvalue weighted by molar-refractivity contribution is -0.148. The molecule has 2 saturated heterocycles. The van der Waals surface area contributed by atoms with Crippen LogP contribution in [0.25, 0.3) is 0 Å². The molecule has 0 saturated carbocycles. The van der Waals surface area contributed by atoms with Gasteiger partial charge >= 0.3 is 12.0 Å². The quantitative estimate of drug-likeness (QED) is 0.853. The molecule has 0 radical (unpaired) electrons. The number of carboxylic acid groups (broad SMARTS) is 1. The molecular formula is C15H27N3O3. The number of carbonyl (C=O) groups is 2. The van der Waals surface area contributed by atoms with Crippen LogP contribution in [0, 0.1) is 5.41 Å². The molecule has 0 aromatic rings. The number of nitrogens with zero attached hydrogens (tertiary/aromatic N) is 3. The van der Waals surface area contributed by atoms with E-state index in [9.17, 15) is 14.7 Å². The smallest absolute Gasteiger partial charge is 0.320 e. The van der Waals surface area contributed by atoms with Gasteiger partial charge in [0.2, 0.25) is 0 Å². The molecule has 6 heteroatoms. The number of likely N-dealkylation sites (N-methyl/N-ethyl adjacent to an activating group) is 1. The normalized spacial score (nSPS) is 30.7. The van der Waals surface area contributed by atoms with Crippen molar-refractivity contribution in [3.8, 4) is 0 Å². The van der Waals surface area contributed by atoms with E-state index >= 15 is 0 Å². The molecule has 2 atom stereocenters. The second-order valence-electron chi connectivity index (χ2n) is 6.32. The number of likely N-dealkylation sites (tertiary alicyclic amines) is 1. The molecule has 0 aliphatic carbocycles. The predicted octanol–water partition coefficient (Wildman–Crippen LogP) is 1.32. The highest BCUT2D eigenvalue weighted by Crippen LogP contribution is 2.34. The van der Waals surface area contributed by atoms with Crippen molar-refractivity contribution in [2.24, 2.45) is 5.41 Å². The molecule has 2 aliphatic rings. The largest absolute Gasteiger partial charge is 0.481 e. The Hall–Kier alpha value is -1.30. The Bertz CT molecular complexity index is 415. The van der Waals surface area contributed by atoms with E-state index in [1.54, 1.807) is 4.90 Å². The number of aliphatic carboxylic acids is 1. The Morgan fingerprint density at radius 1 is 1.19 bits per heavy atom. The molecule has 0 bridgehead atoms. The number of hydrogen-bond acceptors (Lipinski definition) is 3. The minimum atomic E-state index is -0.774. The molecule has 1 N–H and O–H groups in total. The van der Waals surface area contributed by atoms with E-state index in [-0.39, 0.29) is 6.03 Å². The summed E-state index contributed by atoms with van der Waals surface area (Å²) in [5.41, 5.74) is -0.744. The number of carboxylic acids is 1. The van der Waals surface area contributed by atoms with Gasteiger partial charge in [-0.3, -0.25) is 9.69 Å². The minimum absolute atomic E-state index is 0.00850. The maximum Gasteiger partial charge on any atom is 0.320 e. The van der Waals surface area contributed by atoms with Crippen LogP contribution in [0.1, 0.15) is 33.6 Å². The van der Waals surface area contributed by atoms with E-state index in [1.165, 1.54) is 0 Å².